The Bertz CT molecular complexity index is 845. The van der Waals surface area contributed by atoms with E-state index in [9.17, 15) is 0 Å². The second-order valence-corrected chi connectivity index (χ2v) is 7.76. The van der Waals surface area contributed by atoms with E-state index in [1.807, 2.05) is 0 Å². The maximum atomic E-state index is 2.43. The van der Waals surface area contributed by atoms with Gasteiger partial charge < -0.3 is 0 Å². The summed E-state index contributed by atoms with van der Waals surface area (Å²) >= 11 is 0. The fraction of sp³-hybridized carbons (Fsp3) is 0.385. The highest BCUT2D eigenvalue weighted by atomic mass is 14.3. The SMILES string of the molecule is CCCCCc1ccc(CCCCC)c2c1-c1cccc3cccc-2c13. The first kappa shape index (κ1) is 17.3. The smallest absolute Gasteiger partial charge is 0.00262 e. The molecular weight excluding hydrogens is 312 g/mol. The number of hydrogen-bond donors (Lipinski definition) is 0. The lowest BCUT2D eigenvalue weighted by Gasteiger charge is -2.15. The van der Waals surface area contributed by atoms with Gasteiger partial charge >= 0.3 is 0 Å². The third-order valence-electron chi connectivity index (χ3n) is 5.92. The van der Waals surface area contributed by atoms with Gasteiger partial charge in [-0.2, -0.15) is 0 Å². The van der Waals surface area contributed by atoms with Crippen molar-refractivity contribution in [2.75, 3.05) is 0 Å². The molecule has 134 valence electrons. The summed E-state index contributed by atoms with van der Waals surface area (Å²) in [6, 6.07) is 18.5. The first-order valence-electron chi connectivity index (χ1n) is 10.5. The van der Waals surface area contributed by atoms with Crippen LogP contribution in [-0.2, 0) is 12.8 Å². The van der Waals surface area contributed by atoms with E-state index in [2.05, 4.69) is 62.4 Å². The maximum Gasteiger partial charge on any atom is -0.00262 e. The van der Waals surface area contributed by atoms with Crippen molar-refractivity contribution in [1.29, 1.82) is 0 Å². The summed E-state index contributed by atoms with van der Waals surface area (Å²) in [5.41, 5.74) is 9.13. The number of aryl methyl sites for hydroxylation is 2. The van der Waals surface area contributed by atoms with Crippen LogP contribution in [0.3, 0.4) is 0 Å². The average Bonchev–Trinajstić information content (AvgIpc) is 3.01. The number of fused-ring (bicyclic) bond motifs is 3. The molecule has 0 nitrogen and oxygen atoms in total. The number of unbranched alkanes of at least 4 members (excludes halogenated alkanes) is 4. The highest BCUT2D eigenvalue weighted by molar-refractivity contribution is 6.16. The van der Waals surface area contributed by atoms with Gasteiger partial charge in [0, 0.05) is 0 Å². The molecule has 26 heavy (non-hydrogen) atoms. The number of rotatable bonds is 8. The van der Waals surface area contributed by atoms with Gasteiger partial charge in [-0.15, -0.1) is 0 Å². The molecule has 0 bridgehead atoms. The lowest BCUT2D eigenvalue weighted by molar-refractivity contribution is 0.713. The Morgan fingerprint density at radius 3 is 1.54 bits per heavy atom. The summed E-state index contributed by atoms with van der Waals surface area (Å²) < 4.78 is 0. The predicted molar refractivity (Wildman–Crippen MR) is 115 cm³/mol. The van der Waals surface area contributed by atoms with Gasteiger partial charge in [-0.3, -0.25) is 0 Å². The minimum atomic E-state index is 1.20. The Morgan fingerprint density at radius 1 is 0.577 bits per heavy atom. The molecule has 0 spiro atoms. The van der Waals surface area contributed by atoms with Crippen LogP contribution in [0.4, 0.5) is 0 Å². The molecule has 0 saturated heterocycles. The lowest BCUT2D eigenvalue weighted by Crippen LogP contribution is -1.96. The summed E-state index contributed by atoms with van der Waals surface area (Å²) in [6.07, 6.45) is 10.2. The van der Waals surface area contributed by atoms with Crippen LogP contribution in [0.15, 0.2) is 48.5 Å². The van der Waals surface area contributed by atoms with Crippen LogP contribution in [0.5, 0.6) is 0 Å². The van der Waals surface area contributed by atoms with Gasteiger partial charge in [0.1, 0.15) is 0 Å². The van der Waals surface area contributed by atoms with Crippen molar-refractivity contribution in [3.63, 3.8) is 0 Å². The normalized spacial score (nSPS) is 11.9. The van der Waals surface area contributed by atoms with E-state index in [4.69, 9.17) is 0 Å². The fourth-order valence-corrected chi connectivity index (χ4v) is 4.61. The van der Waals surface area contributed by atoms with Crippen LogP contribution >= 0.6 is 0 Å². The van der Waals surface area contributed by atoms with E-state index in [0.29, 0.717) is 0 Å². The molecule has 0 amide bonds. The molecule has 0 fully saturated rings. The first-order valence-corrected chi connectivity index (χ1v) is 10.5. The zero-order chi connectivity index (χ0) is 17.9. The largest absolute Gasteiger partial charge is 0.0654 e. The number of benzene rings is 3. The third-order valence-corrected chi connectivity index (χ3v) is 5.92. The Hall–Kier alpha value is -2.08. The highest BCUT2D eigenvalue weighted by Gasteiger charge is 2.25. The second-order valence-electron chi connectivity index (χ2n) is 7.76. The van der Waals surface area contributed by atoms with Gasteiger partial charge in [0.05, 0.1) is 0 Å². The molecule has 0 aliphatic heterocycles. The van der Waals surface area contributed by atoms with Crippen LogP contribution in [-0.4, -0.2) is 0 Å². The molecule has 3 aromatic carbocycles. The van der Waals surface area contributed by atoms with Crippen molar-refractivity contribution in [2.24, 2.45) is 0 Å². The topological polar surface area (TPSA) is 0 Å². The van der Waals surface area contributed by atoms with Crippen molar-refractivity contribution in [1.82, 2.24) is 0 Å². The monoisotopic (exact) mass is 342 g/mol. The standard InChI is InChI=1S/C26H30/c1-3-5-7-11-20-17-18-21(12-8-6-4-2)26-23-16-10-14-19-13-9-15-22(24(19)23)25(20)26/h9-10,13-18H,3-8,11-12H2,1-2H3. The van der Waals surface area contributed by atoms with Crippen molar-refractivity contribution in [2.45, 2.75) is 65.2 Å². The molecule has 0 saturated carbocycles. The van der Waals surface area contributed by atoms with E-state index in [-0.39, 0.29) is 0 Å². The van der Waals surface area contributed by atoms with Crippen molar-refractivity contribution >= 4 is 10.8 Å². The predicted octanol–water partition coefficient (Wildman–Crippen LogP) is 7.95. The first-order chi connectivity index (χ1) is 12.8. The molecule has 0 radical (unpaired) electrons. The van der Waals surface area contributed by atoms with Gasteiger partial charge in [0.25, 0.3) is 0 Å². The molecule has 0 N–H and O–H groups in total. The van der Waals surface area contributed by atoms with Gasteiger partial charge in [0.2, 0.25) is 0 Å². The summed E-state index contributed by atoms with van der Waals surface area (Å²) in [7, 11) is 0. The lowest BCUT2D eigenvalue weighted by atomic mass is 9.89. The molecule has 3 aromatic rings. The summed E-state index contributed by atoms with van der Waals surface area (Å²) in [4.78, 5) is 0. The molecule has 0 heterocycles. The van der Waals surface area contributed by atoms with Crippen LogP contribution in [0.1, 0.15) is 63.5 Å². The van der Waals surface area contributed by atoms with Gasteiger partial charge in [0.15, 0.2) is 0 Å². The quantitative estimate of drug-likeness (QED) is 0.285. The van der Waals surface area contributed by atoms with Crippen LogP contribution < -0.4 is 0 Å². The average molecular weight is 343 g/mol. The molecular formula is C26H30. The van der Waals surface area contributed by atoms with E-state index in [0.717, 1.165) is 0 Å². The molecule has 0 atom stereocenters. The van der Waals surface area contributed by atoms with E-state index < -0.39 is 0 Å². The summed E-state index contributed by atoms with van der Waals surface area (Å²) in [6.45, 7) is 4.58. The summed E-state index contributed by atoms with van der Waals surface area (Å²) in [5, 5.41) is 2.86. The maximum absolute atomic E-state index is 2.43. The minimum Gasteiger partial charge on any atom is -0.0654 e. The second kappa shape index (κ2) is 7.66. The van der Waals surface area contributed by atoms with E-state index >= 15 is 0 Å². The zero-order valence-electron chi connectivity index (χ0n) is 16.3. The van der Waals surface area contributed by atoms with Crippen LogP contribution in [0, 0.1) is 0 Å². The molecule has 4 rings (SSSR count). The Labute approximate surface area is 158 Å². The van der Waals surface area contributed by atoms with Crippen molar-refractivity contribution < 1.29 is 0 Å². The molecule has 1 aliphatic rings. The van der Waals surface area contributed by atoms with Gasteiger partial charge in [-0.1, -0.05) is 88.1 Å². The molecule has 0 aromatic heterocycles. The van der Waals surface area contributed by atoms with Crippen LogP contribution in [0.25, 0.3) is 33.0 Å². The third kappa shape index (κ3) is 2.96. The fourth-order valence-electron chi connectivity index (χ4n) is 4.61. The molecule has 0 unspecified atom stereocenters. The van der Waals surface area contributed by atoms with E-state index in [1.165, 1.54) is 73.3 Å². The van der Waals surface area contributed by atoms with E-state index in [1.54, 1.807) is 22.3 Å². The Kier molecular flexibility index (Phi) is 5.11. The van der Waals surface area contributed by atoms with Crippen LogP contribution in [0.2, 0.25) is 0 Å². The molecule has 0 heteroatoms. The van der Waals surface area contributed by atoms with Crippen molar-refractivity contribution in [3.05, 3.63) is 59.7 Å². The summed E-state index contributed by atoms with van der Waals surface area (Å²) in [5.74, 6) is 0. The highest BCUT2D eigenvalue weighted by Crippen LogP contribution is 2.50. The minimum absolute atomic E-state index is 1.20. The van der Waals surface area contributed by atoms with Crippen molar-refractivity contribution in [3.8, 4) is 22.3 Å². The number of hydrogen-bond acceptors (Lipinski definition) is 0. The van der Waals surface area contributed by atoms with Gasteiger partial charge in [-0.05, 0) is 69.8 Å². The molecule has 1 aliphatic carbocycles. The Balaban J connectivity index is 1.86. The van der Waals surface area contributed by atoms with Gasteiger partial charge in [-0.25, -0.2) is 0 Å². The Morgan fingerprint density at radius 2 is 1.08 bits per heavy atom. The zero-order valence-corrected chi connectivity index (χ0v) is 16.3.